The summed E-state index contributed by atoms with van der Waals surface area (Å²) in [5.74, 6) is 0.588. The van der Waals surface area contributed by atoms with E-state index in [0.717, 1.165) is 25.8 Å². The van der Waals surface area contributed by atoms with Crippen LogP contribution >= 0.6 is 0 Å². The maximum Gasteiger partial charge on any atom is 0.216 e. The lowest BCUT2D eigenvalue weighted by atomic mass is 10.1. The zero-order valence-corrected chi connectivity index (χ0v) is 11.4. The fourth-order valence-corrected chi connectivity index (χ4v) is 4.70. The largest absolute Gasteiger partial charge is 0.376 e. The Morgan fingerprint density at radius 2 is 2.00 bits per heavy atom. The van der Waals surface area contributed by atoms with Crippen LogP contribution in [0.3, 0.4) is 0 Å². The number of hydrogen-bond donors (Lipinski definition) is 2. The van der Waals surface area contributed by atoms with E-state index in [9.17, 15) is 8.42 Å². The zero-order chi connectivity index (χ0) is 12.6. The normalized spacial score (nSPS) is 37.9. The van der Waals surface area contributed by atoms with Crippen LogP contribution in [-0.4, -0.2) is 45.5 Å². The highest BCUT2D eigenvalue weighted by molar-refractivity contribution is 7.90. The van der Waals surface area contributed by atoms with Crippen molar-refractivity contribution in [1.29, 1.82) is 0 Å². The van der Waals surface area contributed by atoms with E-state index in [0.29, 0.717) is 19.1 Å². The first kappa shape index (κ1) is 12.8. The van der Waals surface area contributed by atoms with E-state index in [1.165, 1.54) is 12.8 Å². The molecule has 2 N–H and O–H groups in total. The Morgan fingerprint density at radius 3 is 2.67 bits per heavy atom. The molecular formula is C12H22N2O3S. The van der Waals surface area contributed by atoms with Crippen molar-refractivity contribution in [3.05, 3.63) is 0 Å². The van der Waals surface area contributed by atoms with Gasteiger partial charge in [0, 0.05) is 13.2 Å². The molecule has 0 bridgehead atoms. The van der Waals surface area contributed by atoms with E-state index in [2.05, 4.69) is 10.0 Å². The van der Waals surface area contributed by atoms with Crippen LogP contribution < -0.4 is 10.0 Å². The predicted molar refractivity (Wildman–Crippen MR) is 68.8 cm³/mol. The molecule has 3 aliphatic rings. The van der Waals surface area contributed by atoms with E-state index in [1.807, 2.05) is 0 Å². The van der Waals surface area contributed by atoms with Gasteiger partial charge in [-0.2, -0.15) is 0 Å². The van der Waals surface area contributed by atoms with Crippen LogP contribution in [0.15, 0.2) is 0 Å². The SMILES string of the molecule is O=S(=O)(NC1CCOC1C1CC1)C1CCCNC1. The van der Waals surface area contributed by atoms with Crippen LogP contribution in [0.25, 0.3) is 0 Å². The summed E-state index contributed by atoms with van der Waals surface area (Å²) >= 11 is 0. The van der Waals surface area contributed by atoms with Crippen molar-refractivity contribution < 1.29 is 13.2 Å². The van der Waals surface area contributed by atoms with Gasteiger partial charge in [0.1, 0.15) is 0 Å². The molecule has 0 radical (unpaired) electrons. The number of piperidine rings is 1. The lowest BCUT2D eigenvalue weighted by Crippen LogP contribution is -2.49. The number of hydrogen-bond acceptors (Lipinski definition) is 4. The Balaban J connectivity index is 1.63. The molecule has 2 saturated heterocycles. The molecule has 0 aromatic carbocycles. The lowest BCUT2D eigenvalue weighted by molar-refractivity contribution is 0.0847. The second-order valence-electron chi connectivity index (χ2n) is 5.70. The van der Waals surface area contributed by atoms with Gasteiger partial charge in [0.15, 0.2) is 0 Å². The van der Waals surface area contributed by atoms with Gasteiger partial charge >= 0.3 is 0 Å². The topological polar surface area (TPSA) is 67.4 Å². The third-order valence-corrected chi connectivity index (χ3v) is 6.14. The molecule has 3 rings (SSSR count). The summed E-state index contributed by atoms with van der Waals surface area (Å²) in [7, 11) is -3.20. The van der Waals surface area contributed by atoms with Gasteiger partial charge in [-0.3, -0.25) is 0 Å². The second-order valence-corrected chi connectivity index (χ2v) is 7.69. The fourth-order valence-electron chi connectivity index (χ4n) is 3.02. The minimum atomic E-state index is -3.20. The number of rotatable bonds is 4. The Bertz CT molecular complexity index is 388. The Hall–Kier alpha value is -0.170. The van der Waals surface area contributed by atoms with E-state index in [1.54, 1.807) is 0 Å². The van der Waals surface area contributed by atoms with Gasteiger partial charge in [-0.15, -0.1) is 0 Å². The molecule has 2 heterocycles. The first-order valence-electron chi connectivity index (χ1n) is 7.00. The molecule has 1 saturated carbocycles. The molecule has 3 fully saturated rings. The van der Waals surface area contributed by atoms with Crippen LogP contribution in [0.2, 0.25) is 0 Å². The molecule has 3 atom stereocenters. The maximum absolute atomic E-state index is 12.3. The van der Waals surface area contributed by atoms with Crippen LogP contribution in [-0.2, 0) is 14.8 Å². The summed E-state index contributed by atoms with van der Waals surface area (Å²) < 4.78 is 33.2. The smallest absolute Gasteiger partial charge is 0.216 e. The first-order valence-corrected chi connectivity index (χ1v) is 8.55. The predicted octanol–water partition coefficient (Wildman–Crippen LogP) is 0.225. The summed E-state index contributed by atoms with van der Waals surface area (Å²) in [6, 6.07) is 0.00410. The van der Waals surface area contributed by atoms with Gasteiger partial charge in [0.2, 0.25) is 10.0 Å². The molecule has 6 heteroatoms. The van der Waals surface area contributed by atoms with Gasteiger partial charge in [0.25, 0.3) is 0 Å². The third kappa shape index (κ3) is 2.71. The lowest BCUT2D eigenvalue weighted by Gasteiger charge is -2.26. The standard InChI is InChI=1S/C12H22N2O3S/c15-18(16,10-2-1-6-13-8-10)14-11-5-7-17-12(11)9-3-4-9/h9-14H,1-8H2. The van der Waals surface area contributed by atoms with Crippen molar-refractivity contribution in [3.8, 4) is 0 Å². The minimum absolute atomic E-state index is 0.00410. The highest BCUT2D eigenvalue weighted by Crippen LogP contribution is 2.39. The summed E-state index contributed by atoms with van der Waals surface area (Å²) in [6.07, 6.45) is 5.03. The second kappa shape index (κ2) is 5.07. The highest BCUT2D eigenvalue weighted by Gasteiger charge is 2.43. The summed E-state index contributed by atoms with van der Waals surface area (Å²) in [4.78, 5) is 0. The van der Waals surface area contributed by atoms with Gasteiger partial charge in [-0.25, -0.2) is 13.1 Å². The summed E-state index contributed by atoms with van der Waals surface area (Å²) in [5, 5.41) is 2.89. The monoisotopic (exact) mass is 274 g/mol. The number of nitrogens with one attached hydrogen (secondary N) is 2. The van der Waals surface area contributed by atoms with Gasteiger partial charge < -0.3 is 10.1 Å². The molecule has 0 amide bonds. The molecule has 0 aromatic rings. The summed E-state index contributed by atoms with van der Waals surface area (Å²) in [5.41, 5.74) is 0. The van der Waals surface area contributed by atoms with E-state index < -0.39 is 10.0 Å². The fraction of sp³-hybridized carbons (Fsp3) is 1.00. The molecule has 5 nitrogen and oxygen atoms in total. The van der Waals surface area contributed by atoms with Gasteiger partial charge in [0.05, 0.1) is 17.4 Å². The van der Waals surface area contributed by atoms with Crippen molar-refractivity contribution >= 4 is 10.0 Å². The van der Waals surface area contributed by atoms with Gasteiger partial charge in [-0.05, 0) is 44.6 Å². The number of sulfonamides is 1. The molecule has 0 spiro atoms. The highest BCUT2D eigenvalue weighted by atomic mass is 32.2. The van der Waals surface area contributed by atoms with E-state index in [-0.39, 0.29) is 17.4 Å². The molecule has 104 valence electrons. The van der Waals surface area contributed by atoms with Crippen molar-refractivity contribution in [2.75, 3.05) is 19.7 Å². The average Bonchev–Trinajstić information content (AvgIpc) is 3.12. The molecule has 0 aromatic heterocycles. The van der Waals surface area contributed by atoms with Crippen LogP contribution in [0.5, 0.6) is 0 Å². The minimum Gasteiger partial charge on any atom is -0.376 e. The molecule has 18 heavy (non-hydrogen) atoms. The van der Waals surface area contributed by atoms with Crippen LogP contribution in [0.1, 0.15) is 32.1 Å². The van der Waals surface area contributed by atoms with Crippen LogP contribution in [0, 0.1) is 5.92 Å². The Morgan fingerprint density at radius 1 is 1.17 bits per heavy atom. The maximum atomic E-state index is 12.3. The first-order chi connectivity index (χ1) is 8.67. The Kier molecular flexibility index (Phi) is 3.62. The van der Waals surface area contributed by atoms with Crippen molar-refractivity contribution in [1.82, 2.24) is 10.0 Å². The third-order valence-electron chi connectivity index (χ3n) is 4.23. The van der Waals surface area contributed by atoms with Crippen molar-refractivity contribution in [2.45, 2.75) is 49.5 Å². The summed E-state index contributed by atoms with van der Waals surface area (Å²) in [6.45, 7) is 2.21. The molecule has 1 aliphatic carbocycles. The average molecular weight is 274 g/mol. The Labute approximate surface area is 109 Å². The van der Waals surface area contributed by atoms with Crippen LogP contribution in [0.4, 0.5) is 0 Å². The molecule has 3 unspecified atom stereocenters. The van der Waals surface area contributed by atoms with E-state index in [4.69, 9.17) is 4.74 Å². The molecular weight excluding hydrogens is 252 g/mol. The van der Waals surface area contributed by atoms with E-state index >= 15 is 0 Å². The number of ether oxygens (including phenoxy) is 1. The zero-order valence-electron chi connectivity index (χ0n) is 10.6. The quantitative estimate of drug-likeness (QED) is 0.770. The molecule has 2 aliphatic heterocycles. The van der Waals surface area contributed by atoms with Crippen molar-refractivity contribution in [2.24, 2.45) is 5.92 Å². The van der Waals surface area contributed by atoms with Gasteiger partial charge in [-0.1, -0.05) is 0 Å². The van der Waals surface area contributed by atoms with Crippen molar-refractivity contribution in [3.63, 3.8) is 0 Å².